The first kappa shape index (κ1) is 21.9. The molecule has 13 heteroatoms. The second-order valence-electron chi connectivity index (χ2n) is 5.73. The van der Waals surface area contributed by atoms with Crippen LogP contribution in [0.5, 0.6) is 5.75 Å². The van der Waals surface area contributed by atoms with Crippen molar-refractivity contribution < 1.29 is 41.6 Å². The molecule has 6 N–H and O–H groups in total. The van der Waals surface area contributed by atoms with E-state index in [4.69, 9.17) is 13.3 Å². The number of phenols is 1. The number of aromatic hydroxyl groups is 1. The van der Waals surface area contributed by atoms with Crippen molar-refractivity contribution in [2.75, 3.05) is 11.1 Å². The number of para-hydroxylation sites is 1. The largest absolute Gasteiger partial charge is 0.509 e. The SMILES string of the molecule is CC(=O)Nc1cccc([As](=O)(O)O)c1O.O=C(O)C1=C(O)CS[C@@H]2CC(=O)N12. The number of aliphatic hydroxyl groups is 1. The number of anilines is 1. The van der Waals surface area contributed by atoms with E-state index < -0.39 is 36.1 Å². The van der Waals surface area contributed by atoms with Crippen LogP contribution in [0, 0.1) is 0 Å². The molecule has 28 heavy (non-hydrogen) atoms. The van der Waals surface area contributed by atoms with Crippen molar-refractivity contribution in [2.45, 2.75) is 18.7 Å². The zero-order valence-electron chi connectivity index (χ0n) is 14.4. The monoisotopic (exact) mass is 476 g/mol. The third-order valence-corrected chi connectivity index (χ3v) is 6.95. The molecular formula is C15H17AsN2O9S. The standard InChI is InChI=1S/C8H10AsNO5.C7H7NO4S/c1-5(11)10-7-4-2-3-6(8(7)12)9(13,14)15;9-3-2-13-5-1-4(10)8(5)6(3)7(11)12/h2-4,12H,1H3,(H,10,11)(H2,13,14,15);5,9H,1-2H2,(H,11,12)/t;5-/m.1/s1. The van der Waals surface area contributed by atoms with Gasteiger partial charge in [0.05, 0.1) is 17.5 Å². The molecule has 152 valence electrons. The summed E-state index contributed by atoms with van der Waals surface area (Å²) in [4.78, 5) is 33.6. The number of phenolic OH excluding ortho intramolecular Hbond substituents is 1. The molecule has 1 fully saturated rings. The second kappa shape index (κ2) is 8.31. The summed E-state index contributed by atoms with van der Waals surface area (Å²) in [6.45, 7) is 1.23. The molecule has 0 spiro atoms. The number of fused-ring (bicyclic) bond motifs is 1. The molecule has 0 unspecified atom stereocenters. The zero-order chi connectivity index (χ0) is 21.2. The topological polar surface area (TPSA) is 185 Å². The van der Waals surface area contributed by atoms with Crippen molar-refractivity contribution >= 4 is 53.8 Å². The smallest absolute Gasteiger partial charge is 0.356 e. The van der Waals surface area contributed by atoms with E-state index in [0.29, 0.717) is 6.42 Å². The van der Waals surface area contributed by atoms with E-state index in [2.05, 4.69) is 5.32 Å². The van der Waals surface area contributed by atoms with E-state index in [1.165, 1.54) is 30.8 Å². The van der Waals surface area contributed by atoms with Gasteiger partial charge in [0.2, 0.25) is 5.91 Å². The summed E-state index contributed by atoms with van der Waals surface area (Å²) in [6, 6.07) is 3.83. The normalized spacial score (nSPS) is 18.5. The summed E-state index contributed by atoms with van der Waals surface area (Å²) in [7, 11) is 0. The molecule has 1 aromatic rings. The number of carboxylic acid groups (broad SMARTS) is 1. The van der Waals surface area contributed by atoms with Crippen LogP contribution < -0.4 is 9.67 Å². The summed E-state index contributed by atoms with van der Waals surface area (Å²) in [5, 5.41) is 29.6. The van der Waals surface area contributed by atoms with Crippen molar-refractivity contribution in [3.63, 3.8) is 0 Å². The third kappa shape index (κ3) is 4.71. The summed E-state index contributed by atoms with van der Waals surface area (Å²) < 4.78 is 28.4. The molecule has 0 radical (unpaired) electrons. The first-order chi connectivity index (χ1) is 12.9. The third-order valence-electron chi connectivity index (χ3n) is 3.67. The number of benzene rings is 1. The minimum atomic E-state index is -5.15. The van der Waals surface area contributed by atoms with Gasteiger partial charge in [-0.25, -0.2) is 4.79 Å². The summed E-state index contributed by atoms with van der Waals surface area (Å²) >= 11 is -3.77. The number of thioether (sulfide) groups is 1. The molecule has 3 rings (SSSR count). The second-order valence-corrected chi connectivity index (χ2v) is 10.2. The molecule has 1 aromatic carbocycles. The number of carboxylic acids is 1. The van der Waals surface area contributed by atoms with Crippen LogP contribution in [0.25, 0.3) is 0 Å². The maximum absolute atomic E-state index is 11.0. The van der Waals surface area contributed by atoms with Gasteiger partial charge >= 0.3 is 94.1 Å². The maximum atomic E-state index is 11.0. The van der Waals surface area contributed by atoms with Gasteiger partial charge in [0.25, 0.3) is 0 Å². The number of aliphatic carboxylic acids is 1. The molecule has 1 atom stereocenters. The molecule has 2 heterocycles. The first-order valence-electron chi connectivity index (χ1n) is 7.68. The van der Waals surface area contributed by atoms with E-state index >= 15 is 0 Å². The number of rotatable bonds is 3. The number of hydrogen-bond donors (Lipinski definition) is 6. The number of β-lactam (4-membered cyclic amide) rings is 1. The fourth-order valence-corrected chi connectivity index (χ4v) is 4.99. The summed E-state index contributed by atoms with van der Waals surface area (Å²) in [5.74, 6) is -2.43. The number of nitrogens with zero attached hydrogens (tertiary/aromatic N) is 1. The van der Waals surface area contributed by atoms with Gasteiger partial charge in [-0.15, -0.1) is 11.8 Å². The maximum Gasteiger partial charge on any atom is 0.356 e. The van der Waals surface area contributed by atoms with Gasteiger partial charge in [0.15, 0.2) is 5.70 Å². The number of amides is 2. The Morgan fingerprint density at radius 2 is 1.93 bits per heavy atom. The van der Waals surface area contributed by atoms with Crippen LogP contribution in [-0.2, 0) is 18.1 Å². The molecule has 0 aliphatic carbocycles. The Balaban J connectivity index is 0.000000202. The zero-order valence-corrected chi connectivity index (χ0v) is 17.1. The molecule has 1 saturated heterocycles. The van der Waals surface area contributed by atoms with Gasteiger partial charge in [-0.05, 0) is 0 Å². The van der Waals surface area contributed by atoms with Crippen molar-refractivity contribution in [3.8, 4) is 5.75 Å². The molecule has 0 saturated carbocycles. The number of carbonyl (C=O) groups is 3. The summed E-state index contributed by atoms with van der Waals surface area (Å²) in [5.41, 5.74) is -0.260. The van der Waals surface area contributed by atoms with Crippen LogP contribution in [0.4, 0.5) is 5.69 Å². The van der Waals surface area contributed by atoms with E-state index in [1.54, 1.807) is 0 Å². The average molecular weight is 476 g/mol. The summed E-state index contributed by atoms with van der Waals surface area (Å²) in [6.07, 6.45) is 0.370. The van der Waals surface area contributed by atoms with Crippen LogP contribution in [0.2, 0.25) is 0 Å². The number of aliphatic hydroxyl groups excluding tert-OH is 1. The quantitative estimate of drug-likeness (QED) is 0.181. The van der Waals surface area contributed by atoms with E-state index in [-0.39, 0.29) is 34.2 Å². The van der Waals surface area contributed by atoms with Gasteiger partial charge in [-0.1, -0.05) is 0 Å². The molecular weight excluding hydrogens is 459 g/mol. The Labute approximate surface area is 165 Å². The van der Waals surface area contributed by atoms with Gasteiger partial charge in [-0.3, -0.25) is 9.69 Å². The number of carbonyl (C=O) groups excluding carboxylic acids is 2. The van der Waals surface area contributed by atoms with Gasteiger partial charge in [-0.2, -0.15) is 0 Å². The van der Waals surface area contributed by atoms with Crippen LogP contribution in [0.15, 0.2) is 29.7 Å². The molecule has 11 nitrogen and oxygen atoms in total. The molecule has 2 amide bonds. The Bertz CT molecular complexity index is 911. The Morgan fingerprint density at radius 1 is 1.29 bits per heavy atom. The van der Waals surface area contributed by atoms with Crippen LogP contribution in [0.1, 0.15) is 13.3 Å². The minimum Gasteiger partial charge on any atom is -0.509 e. The molecule has 2 aliphatic heterocycles. The van der Waals surface area contributed by atoms with Crippen LogP contribution >= 0.6 is 11.8 Å². The van der Waals surface area contributed by atoms with Gasteiger partial charge in [0, 0.05) is 0 Å². The molecule has 0 aromatic heterocycles. The van der Waals surface area contributed by atoms with Crippen LogP contribution in [0.3, 0.4) is 0 Å². The van der Waals surface area contributed by atoms with E-state index in [1.807, 2.05) is 0 Å². The van der Waals surface area contributed by atoms with Gasteiger partial charge in [0.1, 0.15) is 5.76 Å². The van der Waals surface area contributed by atoms with Crippen molar-refractivity contribution in [2.24, 2.45) is 0 Å². The van der Waals surface area contributed by atoms with E-state index in [9.17, 15) is 28.3 Å². The minimum absolute atomic E-state index is 0.00951. The predicted octanol–water partition coefficient (Wildman–Crippen LogP) is -0.943. The predicted molar refractivity (Wildman–Crippen MR) is 97.9 cm³/mol. The number of nitrogens with one attached hydrogen (secondary N) is 1. The average Bonchev–Trinajstić information content (AvgIpc) is 2.56. The Morgan fingerprint density at radius 3 is 2.39 bits per heavy atom. The Hall–Kier alpha value is -2.40. The van der Waals surface area contributed by atoms with E-state index in [0.717, 1.165) is 11.0 Å². The first-order valence-corrected chi connectivity index (χ1v) is 12.1. The van der Waals surface area contributed by atoms with Crippen molar-refractivity contribution in [3.05, 3.63) is 29.7 Å². The molecule has 2 aliphatic rings. The number of hydrogen-bond acceptors (Lipinski definition) is 7. The van der Waals surface area contributed by atoms with Crippen LogP contribution in [-0.4, -0.2) is 71.5 Å². The fourth-order valence-electron chi connectivity index (χ4n) is 2.46. The molecule has 0 bridgehead atoms. The Kier molecular flexibility index (Phi) is 6.50. The fraction of sp³-hybridized carbons (Fsp3) is 0.267. The van der Waals surface area contributed by atoms with Crippen molar-refractivity contribution in [1.82, 2.24) is 4.90 Å². The van der Waals surface area contributed by atoms with Crippen molar-refractivity contribution in [1.29, 1.82) is 0 Å². The van der Waals surface area contributed by atoms with Gasteiger partial charge < -0.3 is 10.2 Å².